The molecular weight excluding hydrogens is 280 g/mol. The topological polar surface area (TPSA) is 67.4 Å². The third-order valence-electron chi connectivity index (χ3n) is 3.27. The Labute approximate surface area is 129 Å². The van der Waals surface area contributed by atoms with Crippen molar-refractivity contribution < 1.29 is 14.3 Å². The maximum atomic E-state index is 12.1. The molecule has 0 saturated carbocycles. The maximum absolute atomic E-state index is 12.1. The molecule has 2 rings (SSSR count). The van der Waals surface area contributed by atoms with Crippen LogP contribution in [0.1, 0.15) is 27.6 Å². The minimum Gasteiger partial charge on any atom is -0.367 e. The van der Waals surface area contributed by atoms with Gasteiger partial charge < -0.3 is 4.74 Å². The van der Waals surface area contributed by atoms with Crippen LogP contribution in [0.3, 0.4) is 0 Å². The lowest BCUT2D eigenvalue weighted by molar-refractivity contribution is -0.132. The highest BCUT2D eigenvalue weighted by Gasteiger charge is 2.20. The van der Waals surface area contributed by atoms with Crippen molar-refractivity contribution in [3.8, 4) is 0 Å². The number of carbonyl (C=O) groups excluding carboxylic acids is 2. The van der Waals surface area contributed by atoms with Gasteiger partial charge in [0.25, 0.3) is 11.8 Å². The van der Waals surface area contributed by atoms with Gasteiger partial charge in [-0.25, -0.2) is 0 Å². The summed E-state index contributed by atoms with van der Waals surface area (Å²) in [6.07, 6.45) is -0.779. The molecule has 2 amide bonds. The zero-order valence-corrected chi connectivity index (χ0v) is 12.5. The lowest BCUT2D eigenvalue weighted by Crippen LogP contribution is -2.44. The van der Waals surface area contributed by atoms with Gasteiger partial charge in [0.05, 0.1) is 0 Å². The van der Waals surface area contributed by atoms with Crippen LogP contribution in [0, 0.1) is 6.92 Å². The highest BCUT2D eigenvalue weighted by Crippen LogP contribution is 2.15. The number of ether oxygens (including phenoxy) is 1. The SMILES string of the molecule is CO[C@@H](C(=O)NNC(=O)c1ccccc1C)c1ccccc1. The normalized spacial score (nSPS) is 11.5. The van der Waals surface area contributed by atoms with E-state index in [-0.39, 0.29) is 5.91 Å². The molecule has 0 radical (unpaired) electrons. The van der Waals surface area contributed by atoms with Crippen LogP contribution in [0.4, 0.5) is 0 Å². The molecule has 0 heterocycles. The van der Waals surface area contributed by atoms with Crippen LogP contribution in [0.25, 0.3) is 0 Å². The number of hydrogen-bond donors (Lipinski definition) is 2. The van der Waals surface area contributed by atoms with Crippen LogP contribution in [0.15, 0.2) is 54.6 Å². The Morgan fingerprint density at radius 2 is 1.59 bits per heavy atom. The van der Waals surface area contributed by atoms with Crippen molar-refractivity contribution in [2.75, 3.05) is 7.11 Å². The summed E-state index contributed by atoms with van der Waals surface area (Å²) in [5.74, 6) is -0.801. The number of methoxy groups -OCH3 is 1. The molecule has 0 aliphatic rings. The van der Waals surface area contributed by atoms with Gasteiger partial charge in [-0.05, 0) is 24.1 Å². The van der Waals surface area contributed by atoms with Gasteiger partial charge in [0.15, 0.2) is 6.10 Å². The van der Waals surface area contributed by atoms with E-state index in [9.17, 15) is 9.59 Å². The maximum Gasteiger partial charge on any atom is 0.272 e. The Balaban J connectivity index is 2.00. The number of aryl methyl sites for hydroxylation is 1. The number of hydrazine groups is 1. The van der Waals surface area contributed by atoms with Gasteiger partial charge in [-0.15, -0.1) is 0 Å². The van der Waals surface area contributed by atoms with Crippen molar-refractivity contribution in [2.24, 2.45) is 0 Å². The van der Waals surface area contributed by atoms with E-state index in [1.807, 2.05) is 37.3 Å². The van der Waals surface area contributed by atoms with E-state index in [4.69, 9.17) is 4.74 Å². The summed E-state index contributed by atoms with van der Waals surface area (Å²) < 4.78 is 5.20. The lowest BCUT2D eigenvalue weighted by Gasteiger charge is -2.16. The number of amides is 2. The smallest absolute Gasteiger partial charge is 0.272 e. The zero-order chi connectivity index (χ0) is 15.9. The molecule has 2 N–H and O–H groups in total. The van der Waals surface area contributed by atoms with Gasteiger partial charge in [0.1, 0.15) is 0 Å². The minimum absolute atomic E-state index is 0.366. The largest absolute Gasteiger partial charge is 0.367 e. The zero-order valence-electron chi connectivity index (χ0n) is 12.5. The Morgan fingerprint density at radius 3 is 2.23 bits per heavy atom. The fourth-order valence-corrected chi connectivity index (χ4v) is 2.10. The van der Waals surface area contributed by atoms with E-state index in [1.165, 1.54) is 7.11 Å². The third kappa shape index (κ3) is 3.71. The molecule has 114 valence electrons. The van der Waals surface area contributed by atoms with Crippen molar-refractivity contribution in [1.82, 2.24) is 10.9 Å². The summed E-state index contributed by atoms with van der Waals surface area (Å²) in [6.45, 7) is 1.83. The van der Waals surface area contributed by atoms with Gasteiger partial charge in [-0.3, -0.25) is 20.4 Å². The molecule has 0 unspecified atom stereocenters. The first-order chi connectivity index (χ1) is 10.6. The molecule has 0 aliphatic carbocycles. The Bertz CT molecular complexity index is 656. The molecule has 0 aliphatic heterocycles. The van der Waals surface area contributed by atoms with E-state index in [0.29, 0.717) is 11.1 Å². The van der Waals surface area contributed by atoms with E-state index in [1.54, 1.807) is 24.3 Å². The van der Waals surface area contributed by atoms with Crippen LogP contribution in [-0.2, 0) is 9.53 Å². The molecule has 0 fully saturated rings. The van der Waals surface area contributed by atoms with Crippen molar-refractivity contribution in [2.45, 2.75) is 13.0 Å². The van der Waals surface area contributed by atoms with Crippen LogP contribution in [0.5, 0.6) is 0 Å². The third-order valence-corrected chi connectivity index (χ3v) is 3.27. The molecule has 0 bridgehead atoms. The van der Waals surface area contributed by atoms with E-state index >= 15 is 0 Å². The van der Waals surface area contributed by atoms with Crippen molar-refractivity contribution in [3.63, 3.8) is 0 Å². The summed E-state index contributed by atoms with van der Waals surface area (Å²) in [4.78, 5) is 24.2. The molecule has 0 aromatic heterocycles. The van der Waals surface area contributed by atoms with Gasteiger partial charge in [-0.1, -0.05) is 48.5 Å². The van der Waals surface area contributed by atoms with Crippen LogP contribution in [-0.4, -0.2) is 18.9 Å². The second kappa shape index (κ2) is 7.38. The van der Waals surface area contributed by atoms with E-state index in [0.717, 1.165) is 5.56 Å². The number of carbonyl (C=O) groups is 2. The lowest BCUT2D eigenvalue weighted by atomic mass is 10.1. The summed E-state index contributed by atoms with van der Waals surface area (Å²) >= 11 is 0. The van der Waals surface area contributed by atoms with E-state index < -0.39 is 12.0 Å². The predicted octanol–water partition coefficient (Wildman–Crippen LogP) is 2.14. The standard InChI is InChI=1S/C17H18N2O3/c1-12-8-6-7-11-14(12)16(20)18-19-17(21)15(22-2)13-9-4-3-5-10-13/h3-11,15H,1-2H3,(H,18,20)(H,19,21)/t15-/m1/s1. The second-order valence-electron chi connectivity index (χ2n) is 4.78. The number of hydrogen-bond acceptors (Lipinski definition) is 3. The predicted molar refractivity (Wildman–Crippen MR) is 83.0 cm³/mol. The molecule has 2 aromatic carbocycles. The molecule has 2 aromatic rings. The monoisotopic (exact) mass is 298 g/mol. The molecule has 5 nitrogen and oxygen atoms in total. The Kier molecular flexibility index (Phi) is 5.27. The summed E-state index contributed by atoms with van der Waals surface area (Å²) in [5, 5.41) is 0. The minimum atomic E-state index is -0.779. The summed E-state index contributed by atoms with van der Waals surface area (Å²) in [5.41, 5.74) is 6.86. The summed E-state index contributed by atoms with van der Waals surface area (Å²) in [6, 6.07) is 16.2. The van der Waals surface area contributed by atoms with Crippen LogP contribution in [0.2, 0.25) is 0 Å². The molecule has 5 heteroatoms. The molecular formula is C17H18N2O3. The highest BCUT2D eigenvalue weighted by molar-refractivity contribution is 5.97. The van der Waals surface area contributed by atoms with Gasteiger partial charge in [0, 0.05) is 12.7 Å². The summed E-state index contributed by atoms with van der Waals surface area (Å²) in [7, 11) is 1.44. The second-order valence-corrected chi connectivity index (χ2v) is 4.78. The Hall–Kier alpha value is -2.66. The van der Waals surface area contributed by atoms with Crippen molar-refractivity contribution in [1.29, 1.82) is 0 Å². The van der Waals surface area contributed by atoms with E-state index in [2.05, 4.69) is 10.9 Å². The fourth-order valence-electron chi connectivity index (χ4n) is 2.10. The fraction of sp³-hybridized carbons (Fsp3) is 0.176. The van der Waals surface area contributed by atoms with Crippen molar-refractivity contribution in [3.05, 3.63) is 71.3 Å². The molecule has 22 heavy (non-hydrogen) atoms. The van der Waals surface area contributed by atoms with Gasteiger partial charge in [0.2, 0.25) is 0 Å². The number of rotatable bonds is 4. The quantitative estimate of drug-likeness (QED) is 0.850. The first-order valence-electron chi connectivity index (χ1n) is 6.87. The average Bonchev–Trinajstić information content (AvgIpc) is 2.55. The van der Waals surface area contributed by atoms with Gasteiger partial charge in [-0.2, -0.15) is 0 Å². The van der Waals surface area contributed by atoms with Gasteiger partial charge >= 0.3 is 0 Å². The Morgan fingerprint density at radius 1 is 0.955 bits per heavy atom. The number of benzene rings is 2. The van der Waals surface area contributed by atoms with Crippen LogP contribution >= 0.6 is 0 Å². The molecule has 1 atom stereocenters. The average molecular weight is 298 g/mol. The highest BCUT2D eigenvalue weighted by atomic mass is 16.5. The van der Waals surface area contributed by atoms with Crippen LogP contribution < -0.4 is 10.9 Å². The van der Waals surface area contributed by atoms with Crippen molar-refractivity contribution >= 4 is 11.8 Å². The first-order valence-corrected chi connectivity index (χ1v) is 6.87. The first kappa shape index (κ1) is 15.7. The molecule has 0 saturated heterocycles. The number of nitrogens with one attached hydrogen (secondary N) is 2. The molecule has 0 spiro atoms.